The van der Waals surface area contributed by atoms with Crippen LogP contribution in [-0.4, -0.2) is 34.0 Å². The van der Waals surface area contributed by atoms with Gasteiger partial charge in [0.25, 0.3) is 0 Å². The molecule has 1 saturated heterocycles. The highest BCUT2D eigenvalue weighted by Gasteiger charge is 2.31. The molecular weight excluding hydrogens is 274 g/mol. The molecule has 0 aromatic carbocycles. The van der Waals surface area contributed by atoms with E-state index >= 15 is 0 Å². The maximum absolute atomic E-state index is 11.9. The number of aryl methyl sites for hydroxylation is 1. The van der Waals surface area contributed by atoms with Crippen molar-refractivity contribution in [2.24, 2.45) is 0 Å². The Morgan fingerprint density at radius 1 is 1.39 bits per heavy atom. The molecule has 0 saturated carbocycles. The normalized spacial score (nSPS) is 19.2. The van der Waals surface area contributed by atoms with Crippen molar-refractivity contribution in [1.82, 2.24) is 4.72 Å². The van der Waals surface area contributed by atoms with Gasteiger partial charge in [-0.25, -0.2) is 13.1 Å². The summed E-state index contributed by atoms with van der Waals surface area (Å²) in [6, 6.07) is 3.41. The zero-order chi connectivity index (χ0) is 13.2. The molecule has 0 bridgehead atoms. The van der Waals surface area contributed by atoms with Crippen molar-refractivity contribution in [2.75, 3.05) is 19.8 Å². The van der Waals surface area contributed by atoms with Gasteiger partial charge in [-0.1, -0.05) is 0 Å². The zero-order valence-electron chi connectivity index (χ0n) is 10.4. The Labute approximate surface area is 111 Å². The Balaban J connectivity index is 1.90. The summed E-state index contributed by atoms with van der Waals surface area (Å²) in [4.78, 5) is 0.977. The molecule has 1 aliphatic heterocycles. The van der Waals surface area contributed by atoms with Crippen molar-refractivity contribution < 1.29 is 17.9 Å². The van der Waals surface area contributed by atoms with Crippen molar-refractivity contribution in [3.05, 3.63) is 17.0 Å². The highest BCUT2D eigenvalue weighted by Crippen LogP contribution is 2.23. The highest BCUT2D eigenvalue weighted by molar-refractivity contribution is 7.91. The van der Waals surface area contributed by atoms with Crippen LogP contribution in [0.4, 0.5) is 0 Å². The molecule has 1 aliphatic rings. The fraction of sp³-hybridized carbons (Fsp3) is 0.636. The van der Waals surface area contributed by atoms with Crippen LogP contribution >= 0.6 is 11.3 Å². The van der Waals surface area contributed by atoms with Crippen LogP contribution in [0.25, 0.3) is 0 Å². The summed E-state index contributed by atoms with van der Waals surface area (Å²) in [6.07, 6.45) is 0.497. The van der Waals surface area contributed by atoms with Gasteiger partial charge in [-0.2, -0.15) is 0 Å². The maximum Gasteiger partial charge on any atom is 0.250 e. The van der Waals surface area contributed by atoms with Gasteiger partial charge in [0.15, 0.2) is 5.79 Å². The first-order valence-electron chi connectivity index (χ1n) is 5.75. The fourth-order valence-corrected chi connectivity index (χ4v) is 4.10. The number of thiophene rings is 1. The third-order valence-electron chi connectivity index (χ3n) is 2.75. The van der Waals surface area contributed by atoms with Crippen molar-refractivity contribution in [3.8, 4) is 0 Å². The molecule has 5 nitrogen and oxygen atoms in total. The number of ether oxygens (including phenoxy) is 2. The van der Waals surface area contributed by atoms with Crippen LogP contribution in [0.5, 0.6) is 0 Å². The molecule has 102 valence electrons. The second-order valence-electron chi connectivity index (χ2n) is 4.34. The predicted molar refractivity (Wildman–Crippen MR) is 69.2 cm³/mol. The SMILES string of the molecule is Cc1ccc(S(=O)(=O)NCCC2(C)OCCO2)s1. The Bertz CT molecular complexity index is 503. The predicted octanol–water partition coefficient (Wildman–Crippen LogP) is 1.49. The van der Waals surface area contributed by atoms with Crippen LogP contribution in [0.1, 0.15) is 18.2 Å². The van der Waals surface area contributed by atoms with E-state index in [1.807, 2.05) is 13.8 Å². The van der Waals surface area contributed by atoms with Crippen LogP contribution in [0.15, 0.2) is 16.3 Å². The van der Waals surface area contributed by atoms with E-state index in [1.54, 1.807) is 12.1 Å². The van der Waals surface area contributed by atoms with Gasteiger partial charge in [0.05, 0.1) is 13.2 Å². The molecule has 0 aliphatic carbocycles. The van der Waals surface area contributed by atoms with E-state index in [9.17, 15) is 8.42 Å². The third kappa shape index (κ3) is 3.30. The summed E-state index contributed by atoms with van der Waals surface area (Å²) in [6.45, 7) is 5.13. The second kappa shape index (κ2) is 5.26. The van der Waals surface area contributed by atoms with E-state index in [1.165, 1.54) is 11.3 Å². The fourth-order valence-electron chi connectivity index (χ4n) is 1.74. The van der Waals surface area contributed by atoms with Crippen molar-refractivity contribution in [3.63, 3.8) is 0 Å². The smallest absolute Gasteiger partial charge is 0.250 e. The number of hydrogen-bond donors (Lipinski definition) is 1. The van der Waals surface area contributed by atoms with E-state index in [4.69, 9.17) is 9.47 Å². The molecule has 2 rings (SSSR count). The average Bonchev–Trinajstić information content (AvgIpc) is 2.88. The minimum atomic E-state index is -3.40. The summed E-state index contributed by atoms with van der Waals surface area (Å²) >= 11 is 1.26. The van der Waals surface area contributed by atoms with E-state index in [2.05, 4.69) is 4.72 Å². The molecule has 1 fully saturated rings. The Morgan fingerprint density at radius 3 is 2.61 bits per heavy atom. The number of hydrogen-bond acceptors (Lipinski definition) is 5. The monoisotopic (exact) mass is 291 g/mol. The summed E-state index contributed by atoms with van der Waals surface area (Å²) in [5.41, 5.74) is 0. The van der Waals surface area contributed by atoms with Gasteiger partial charge in [-0.15, -0.1) is 11.3 Å². The summed E-state index contributed by atoms with van der Waals surface area (Å²) in [5.74, 6) is -0.659. The number of sulfonamides is 1. The van der Waals surface area contributed by atoms with Gasteiger partial charge in [-0.3, -0.25) is 0 Å². The van der Waals surface area contributed by atoms with Crippen LogP contribution in [0.3, 0.4) is 0 Å². The van der Waals surface area contributed by atoms with Gasteiger partial charge in [-0.05, 0) is 26.0 Å². The lowest BCUT2D eigenvalue weighted by Gasteiger charge is -2.21. The van der Waals surface area contributed by atoms with Crippen molar-refractivity contribution in [1.29, 1.82) is 0 Å². The third-order valence-corrected chi connectivity index (χ3v) is 5.70. The van der Waals surface area contributed by atoms with E-state index < -0.39 is 15.8 Å². The molecule has 1 aromatic rings. The quantitative estimate of drug-likeness (QED) is 0.892. The topological polar surface area (TPSA) is 64.6 Å². The standard InChI is InChI=1S/C11H17NO4S2/c1-9-3-4-10(17-9)18(13,14)12-6-5-11(2)15-7-8-16-11/h3-4,12H,5-8H2,1-2H3. The van der Waals surface area contributed by atoms with Crippen molar-refractivity contribution in [2.45, 2.75) is 30.3 Å². The van der Waals surface area contributed by atoms with Gasteiger partial charge >= 0.3 is 0 Å². The maximum atomic E-state index is 11.9. The molecule has 1 N–H and O–H groups in total. The minimum absolute atomic E-state index is 0.301. The molecule has 0 unspecified atom stereocenters. The van der Waals surface area contributed by atoms with Gasteiger partial charge in [0, 0.05) is 17.8 Å². The molecule has 2 heterocycles. The molecule has 7 heteroatoms. The van der Waals surface area contributed by atoms with Gasteiger partial charge < -0.3 is 9.47 Å². The summed E-state index contributed by atoms with van der Waals surface area (Å²) in [5, 5.41) is 0. The van der Waals surface area contributed by atoms with Crippen LogP contribution in [-0.2, 0) is 19.5 Å². The number of rotatable bonds is 5. The molecule has 0 spiro atoms. The lowest BCUT2D eigenvalue weighted by Crippen LogP contribution is -2.33. The Kier molecular flexibility index (Phi) is 4.08. The Morgan fingerprint density at radius 2 is 2.06 bits per heavy atom. The lowest BCUT2D eigenvalue weighted by atomic mass is 10.2. The molecule has 1 aromatic heterocycles. The van der Waals surface area contributed by atoms with E-state index in [0.29, 0.717) is 30.4 Å². The minimum Gasteiger partial charge on any atom is -0.348 e. The zero-order valence-corrected chi connectivity index (χ0v) is 12.1. The molecule has 0 atom stereocenters. The second-order valence-corrected chi connectivity index (χ2v) is 7.63. The van der Waals surface area contributed by atoms with Gasteiger partial charge in [0.2, 0.25) is 10.0 Å². The largest absolute Gasteiger partial charge is 0.348 e. The first-order valence-corrected chi connectivity index (χ1v) is 8.05. The van der Waals surface area contributed by atoms with E-state index in [0.717, 1.165) is 4.88 Å². The highest BCUT2D eigenvalue weighted by atomic mass is 32.2. The molecule has 0 radical (unpaired) electrons. The molecule has 0 amide bonds. The van der Waals surface area contributed by atoms with E-state index in [-0.39, 0.29) is 0 Å². The summed E-state index contributed by atoms with van der Waals surface area (Å²) in [7, 11) is -3.40. The first kappa shape index (κ1) is 14.0. The van der Waals surface area contributed by atoms with Gasteiger partial charge in [0.1, 0.15) is 4.21 Å². The van der Waals surface area contributed by atoms with Crippen LogP contribution in [0, 0.1) is 6.92 Å². The first-order chi connectivity index (χ1) is 8.41. The lowest BCUT2D eigenvalue weighted by molar-refractivity contribution is -0.145. The Hall–Kier alpha value is -0.470. The van der Waals surface area contributed by atoms with Crippen LogP contribution < -0.4 is 4.72 Å². The number of nitrogens with one attached hydrogen (secondary N) is 1. The summed E-state index contributed by atoms with van der Waals surface area (Å²) < 4.78 is 37.6. The molecular formula is C11H17NO4S2. The average molecular weight is 291 g/mol. The van der Waals surface area contributed by atoms with Crippen molar-refractivity contribution >= 4 is 21.4 Å². The molecule has 18 heavy (non-hydrogen) atoms. The van der Waals surface area contributed by atoms with Crippen LogP contribution in [0.2, 0.25) is 0 Å².